The van der Waals surface area contributed by atoms with Crippen LogP contribution in [-0.4, -0.2) is 12.1 Å². The van der Waals surface area contributed by atoms with E-state index in [2.05, 4.69) is 32.0 Å². The van der Waals surface area contributed by atoms with Crippen molar-refractivity contribution in [1.82, 2.24) is 4.98 Å². The number of aryl methyl sites for hydroxylation is 3. The van der Waals surface area contributed by atoms with Crippen molar-refractivity contribution in [3.05, 3.63) is 75.7 Å². The average Bonchev–Trinajstić information content (AvgIpc) is 2.72. The molecule has 0 unspecified atom stereocenters. The quantitative estimate of drug-likeness (QED) is 0.439. The Morgan fingerprint density at radius 3 is 2.28 bits per heavy atom. The van der Waals surface area contributed by atoms with Crippen LogP contribution in [0.4, 0.5) is 4.39 Å². The lowest BCUT2D eigenvalue weighted by Gasteiger charge is -2.17. The van der Waals surface area contributed by atoms with Gasteiger partial charge in [-0.1, -0.05) is 43.6 Å². The fraction of sp³-hybridized carbons (Fsp3) is 0.292. The van der Waals surface area contributed by atoms with Crippen LogP contribution >= 0.6 is 11.6 Å². The van der Waals surface area contributed by atoms with Crippen LogP contribution in [0.2, 0.25) is 5.02 Å². The highest BCUT2D eigenvalue weighted by Gasteiger charge is 2.17. The van der Waals surface area contributed by atoms with Gasteiger partial charge in [-0.25, -0.2) is 4.39 Å². The first-order valence-electron chi connectivity index (χ1n) is 9.71. The van der Waals surface area contributed by atoms with Crippen LogP contribution in [0.3, 0.4) is 0 Å². The summed E-state index contributed by atoms with van der Waals surface area (Å²) in [6.07, 6.45) is 1.85. The van der Waals surface area contributed by atoms with Crippen LogP contribution < -0.4 is 9.47 Å². The lowest BCUT2D eigenvalue weighted by molar-refractivity contribution is 0.281. The van der Waals surface area contributed by atoms with Gasteiger partial charge in [0.25, 0.3) is 0 Å². The zero-order chi connectivity index (χ0) is 21.0. The minimum Gasteiger partial charge on any atom is -0.496 e. The lowest BCUT2D eigenvalue weighted by atomic mass is 9.94. The topological polar surface area (TPSA) is 31.4 Å². The molecule has 0 bridgehead atoms. The van der Waals surface area contributed by atoms with Crippen LogP contribution in [0, 0.1) is 12.7 Å². The molecule has 0 fully saturated rings. The van der Waals surface area contributed by atoms with Crippen molar-refractivity contribution in [2.45, 2.75) is 40.2 Å². The van der Waals surface area contributed by atoms with E-state index >= 15 is 0 Å². The zero-order valence-electron chi connectivity index (χ0n) is 17.2. The molecule has 0 spiro atoms. The SMILES string of the molecule is CCc1cccc(CC)c1-c1cc(OC)c(COc2ccc(Cl)cc2F)c(C)n1. The Labute approximate surface area is 176 Å². The summed E-state index contributed by atoms with van der Waals surface area (Å²) in [5.41, 5.74) is 6.14. The van der Waals surface area contributed by atoms with Crippen molar-refractivity contribution in [2.24, 2.45) is 0 Å². The highest BCUT2D eigenvalue weighted by atomic mass is 35.5. The van der Waals surface area contributed by atoms with Gasteiger partial charge in [0.05, 0.1) is 18.4 Å². The predicted octanol–water partition coefficient (Wildman–Crippen LogP) is 6.56. The number of nitrogens with zero attached hydrogens (tertiary/aromatic N) is 1. The van der Waals surface area contributed by atoms with Gasteiger partial charge in [-0.15, -0.1) is 0 Å². The molecule has 0 aliphatic heterocycles. The van der Waals surface area contributed by atoms with Gasteiger partial charge in [0, 0.05) is 22.3 Å². The van der Waals surface area contributed by atoms with Crippen molar-refractivity contribution in [3.8, 4) is 22.8 Å². The molecule has 0 atom stereocenters. The minimum atomic E-state index is -0.497. The fourth-order valence-corrected chi connectivity index (χ4v) is 3.63. The molecule has 3 nitrogen and oxygen atoms in total. The Balaban J connectivity index is 1.99. The third kappa shape index (κ3) is 4.54. The summed E-state index contributed by atoms with van der Waals surface area (Å²) in [5, 5.41) is 0.330. The van der Waals surface area contributed by atoms with E-state index < -0.39 is 5.82 Å². The Morgan fingerprint density at radius 2 is 1.69 bits per heavy atom. The maximum atomic E-state index is 14.0. The number of aromatic nitrogens is 1. The molecule has 0 saturated heterocycles. The van der Waals surface area contributed by atoms with Crippen molar-refractivity contribution < 1.29 is 13.9 Å². The molecule has 1 heterocycles. The maximum Gasteiger partial charge on any atom is 0.166 e. The van der Waals surface area contributed by atoms with Gasteiger partial charge in [-0.05, 0) is 49.1 Å². The highest BCUT2D eigenvalue weighted by molar-refractivity contribution is 6.30. The van der Waals surface area contributed by atoms with E-state index in [4.69, 9.17) is 26.1 Å². The molecule has 0 saturated carbocycles. The molecule has 29 heavy (non-hydrogen) atoms. The minimum absolute atomic E-state index is 0.143. The maximum absolute atomic E-state index is 14.0. The lowest BCUT2D eigenvalue weighted by Crippen LogP contribution is -2.06. The number of halogens is 2. The van der Waals surface area contributed by atoms with Gasteiger partial charge >= 0.3 is 0 Å². The molecule has 0 radical (unpaired) electrons. The van der Waals surface area contributed by atoms with E-state index in [1.54, 1.807) is 13.2 Å². The first kappa shape index (κ1) is 21.1. The number of rotatable bonds is 7. The van der Waals surface area contributed by atoms with Gasteiger partial charge in [-0.2, -0.15) is 0 Å². The zero-order valence-corrected chi connectivity index (χ0v) is 17.9. The van der Waals surface area contributed by atoms with Gasteiger partial charge in [-0.3, -0.25) is 4.98 Å². The average molecular weight is 414 g/mol. The summed E-state index contributed by atoms with van der Waals surface area (Å²) in [5.74, 6) is 0.322. The van der Waals surface area contributed by atoms with Gasteiger partial charge in [0.15, 0.2) is 11.6 Å². The summed E-state index contributed by atoms with van der Waals surface area (Å²) in [7, 11) is 1.62. The second-order valence-corrected chi connectivity index (χ2v) is 7.23. The number of methoxy groups -OCH3 is 1. The Kier molecular flexibility index (Phi) is 6.75. The Morgan fingerprint density at radius 1 is 1.00 bits per heavy atom. The first-order chi connectivity index (χ1) is 14.0. The fourth-order valence-electron chi connectivity index (χ4n) is 3.47. The molecule has 1 aromatic heterocycles. The summed E-state index contributed by atoms with van der Waals surface area (Å²) >= 11 is 5.81. The summed E-state index contributed by atoms with van der Waals surface area (Å²) in [6, 6.07) is 12.7. The molecule has 2 aromatic carbocycles. The van der Waals surface area contributed by atoms with Crippen molar-refractivity contribution in [1.29, 1.82) is 0 Å². The van der Waals surface area contributed by atoms with Gasteiger partial charge in [0.1, 0.15) is 12.4 Å². The Hall–Kier alpha value is -2.59. The molecule has 0 aliphatic carbocycles. The summed E-state index contributed by atoms with van der Waals surface area (Å²) < 4.78 is 25.4. The third-order valence-corrected chi connectivity index (χ3v) is 5.27. The summed E-state index contributed by atoms with van der Waals surface area (Å²) in [6.45, 7) is 6.36. The van der Waals surface area contributed by atoms with Crippen LogP contribution in [0.1, 0.15) is 36.2 Å². The number of hydrogen-bond donors (Lipinski definition) is 0. The predicted molar refractivity (Wildman–Crippen MR) is 115 cm³/mol. The third-order valence-electron chi connectivity index (χ3n) is 5.03. The molecule has 0 amide bonds. The molecule has 3 aromatic rings. The van der Waals surface area contributed by atoms with E-state index in [1.165, 1.54) is 23.3 Å². The van der Waals surface area contributed by atoms with Gasteiger partial charge in [0.2, 0.25) is 0 Å². The number of ether oxygens (including phenoxy) is 2. The smallest absolute Gasteiger partial charge is 0.166 e. The number of hydrogen-bond acceptors (Lipinski definition) is 3. The van der Waals surface area contributed by atoms with E-state index in [1.807, 2.05) is 13.0 Å². The van der Waals surface area contributed by atoms with Crippen molar-refractivity contribution in [2.75, 3.05) is 7.11 Å². The highest BCUT2D eigenvalue weighted by Crippen LogP contribution is 2.33. The second kappa shape index (κ2) is 9.27. The Bertz CT molecular complexity index is 998. The van der Waals surface area contributed by atoms with Crippen molar-refractivity contribution >= 4 is 11.6 Å². The van der Waals surface area contributed by atoms with Crippen LogP contribution in [0.25, 0.3) is 11.3 Å². The number of benzene rings is 2. The van der Waals surface area contributed by atoms with Crippen molar-refractivity contribution in [3.63, 3.8) is 0 Å². The summed E-state index contributed by atoms with van der Waals surface area (Å²) in [4.78, 5) is 4.84. The van der Waals surface area contributed by atoms with E-state index in [0.29, 0.717) is 10.8 Å². The largest absolute Gasteiger partial charge is 0.496 e. The molecule has 0 aliphatic rings. The van der Waals surface area contributed by atoms with E-state index in [-0.39, 0.29) is 12.4 Å². The standard InChI is InChI=1S/C24H25ClFNO2/c1-5-16-8-7-9-17(6-2)24(16)21-13-23(28-4)19(15(3)27-21)14-29-22-11-10-18(25)12-20(22)26/h7-13H,5-6,14H2,1-4H3. The van der Waals surface area contributed by atoms with E-state index in [0.717, 1.165) is 35.4 Å². The van der Waals surface area contributed by atoms with Gasteiger partial charge < -0.3 is 9.47 Å². The van der Waals surface area contributed by atoms with E-state index in [9.17, 15) is 4.39 Å². The normalized spacial score (nSPS) is 10.8. The molecule has 3 rings (SSSR count). The molecule has 152 valence electrons. The molecule has 0 N–H and O–H groups in total. The monoisotopic (exact) mass is 413 g/mol. The number of pyridine rings is 1. The second-order valence-electron chi connectivity index (χ2n) is 6.80. The molecule has 5 heteroatoms. The molecular formula is C24H25ClFNO2. The van der Waals surface area contributed by atoms with Crippen LogP contribution in [0.15, 0.2) is 42.5 Å². The van der Waals surface area contributed by atoms with Crippen LogP contribution in [0.5, 0.6) is 11.5 Å². The molecular weight excluding hydrogens is 389 g/mol. The first-order valence-corrected chi connectivity index (χ1v) is 10.1. The van der Waals surface area contributed by atoms with Crippen LogP contribution in [-0.2, 0) is 19.4 Å².